The number of benzene rings is 1. The van der Waals surface area contributed by atoms with Gasteiger partial charge < -0.3 is 4.74 Å². The van der Waals surface area contributed by atoms with Gasteiger partial charge in [-0.25, -0.2) is 13.4 Å². The number of hydrogen-bond acceptors (Lipinski definition) is 5. The van der Waals surface area contributed by atoms with Crippen LogP contribution in [-0.2, 0) is 9.84 Å². The number of aromatic nitrogens is 2. The van der Waals surface area contributed by atoms with E-state index in [0.717, 1.165) is 6.26 Å². The van der Waals surface area contributed by atoms with Gasteiger partial charge in [-0.15, -0.1) is 0 Å². The van der Waals surface area contributed by atoms with Gasteiger partial charge in [-0.1, -0.05) is 31.5 Å². The summed E-state index contributed by atoms with van der Waals surface area (Å²) in [4.78, 5) is 8.55. The summed E-state index contributed by atoms with van der Waals surface area (Å²) in [5.41, 5.74) is 0. The van der Waals surface area contributed by atoms with Gasteiger partial charge in [0.15, 0.2) is 9.84 Å². The molecule has 7 heteroatoms. The van der Waals surface area contributed by atoms with Gasteiger partial charge in [-0.05, 0) is 18.2 Å². The smallest absolute Gasteiger partial charge is 0.224 e. The van der Waals surface area contributed by atoms with Crippen molar-refractivity contribution in [3.05, 3.63) is 41.3 Å². The highest BCUT2D eigenvalue weighted by Crippen LogP contribution is 2.25. The van der Waals surface area contributed by atoms with Gasteiger partial charge in [0.2, 0.25) is 5.88 Å². The molecule has 0 aliphatic rings. The van der Waals surface area contributed by atoms with Crippen LogP contribution in [0.1, 0.15) is 25.6 Å². The molecule has 0 amide bonds. The minimum atomic E-state index is -3.29. The van der Waals surface area contributed by atoms with Crippen LogP contribution in [0.2, 0.25) is 5.15 Å². The van der Waals surface area contributed by atoms with Gasteiger partial charge >= 0.3 is 0 Å². The molecule has 1 heterocycles. The maximum atomic E-state index is 11.5. The molecule has 0 unspecified atom stereocenters. The molecule has 2 aromatic rings. The van der Waals surface area contributed by atoms with Crippen molar-refractivity contribution in [3.63, 3.8) is 0 Å². The molecule has 2 rings (SSSR count). The summed E-state index contributed by atoms with van der Waals surface area (Å²) < 4.78 is 28.7. The monoisotopic (exact) mass is 326 g/mol. The minimum absolute atomic E-state index is 0.105. The molecular formula is C14H15ClN2O3S. The average Bonchev–Trinajstić information content (AvgIpc) is 2.37. The Balaban J connectivity index is 2.34. The third kappa shape index (κ3) is 4.15. The molecule has 5 nitrogen and oxygen atoms in total. The summed E-state index contributed by atoms with van der Waals surface area (Å²) >= 11 is 5.94. The highest BCUT2D eigenvalue weighted by molar-refractivity contribution is 7.90. The highest BCUT2D eigenvalue weighted by atomic mass is 35.5. The van der Waals surface area contributed by atoms with Crippen LogP contribution in [0.25, 0.3) is 0 Å². The van der Waals surface area contributed by atoms with E-state index >= 15 is 0 Å². The Bertz CT molecular complexity index is 761. The third-order valence-corrected chi connectivity index (χ3v) is 3.97. The van der Waals surface area contributed by atoms with Crippen molar-refractivity contribution in [2.75, 3.05) is 6.26 Å². The van der Waals surface area contributed by atoms with Crippen LogP contribution in [-0.4, -0.2) is 24.6 Å². The Hall–Kier alpha value is -1.66. The lowest BCUT2D eigenvalue weighted by molar-refractivity contribution is 0.455. The van der Waals surface area contributed by atoms with E-state index < -0.39 is 9.84 Å². The molecule has 1 aromatic heterocycles. The SMILES string of the molecule is CC(C)c1nc(Cl)cc(Oc2cccc(S(C)(=O)=O)c2)n1. The van der Waals surface area contributed by atoms with Crippen LogP contribution >= 0.6 is 11.6 Å². The van der Waals surface area contributed by atoms with E-state index in [9.17, 15) is 8.42 Å². The van der Waals surface area contributed by atoms with E-state index in [4.69, 9.17) is 16.3 Å². The van der Waals surface area contributed by atoms with Gasteiger partial charge in [-0.3, -0.25) is 0 Å². The standard InChI is InChI=1S/C14H15ClN2O3S/c1-9(2)14-16-12(15)8-13(17-14)20-10-5-4-6-11(7-10)21(3,18)19/h4-9H,1-3H3. The first-order valence-corrected chi connectivity index (χ1v) is 8.55. The zero-order chi connectivity index (χ0) is 15.6. The Morgan fingerprint density at radius 1 is 1.19 bits per heavy atom. The van der Waals surface area contributed by atoms with Crippen molar-refractivity contribution >= 4 is 21.4 Å². The first-order valence-electron chi connectivity index (χ1n) is 6.28. The molecule has 0 aliphatic carbocycles. The Morgan fingerprint density at radius 2 is 1.90 bits per heavy atom. The predicted molar refractivity (Wildman–Crippen MR) is 80.8 cm³/mol. The molecule has 0 saturated heterocycles. The molecule has 21 heavy (non-hydrogen) atoms. The minimum Gasteiger partial charge on any atom is -0.439 e. The van der Waals surface area contributed by atoms with E-state index in [-0.39, 0.29) is 21.8 Å². The lowest BCUT2D eigenvalue weighted by atomic mass is 10.2. The van der Waals surface area contributed by atoms with Crippen molar-refractivity contribution < 1.29 is 13.2 Å². The number of halogens is 1. The molecule has 0 spiro atoms. The second-order valence-electron chi connectivity index (χ2n) is 4.89. The maximum absolute atomic E-state index is 11.5. The van der Waals surface area contributed by atoms with Gasteiger partial charge in [0.25, 0.3) is 0 Å². The summed E-state index contributed by atoms with van der Waals surface area (Å²) in [6.45, 7) is 3.89. The van der Waals surface area contributed by atoms with Crippen LogP contribution in [0.15, 0.2) is 35.2 Å². The van der Waals surface area contributed by atoms with Crippen molar-refractivity contribution in [1.29, 1.82) is 0 Å². The molecule has 0 atom stereocenters. The third-order valence-electron chi connectivity index (χ3n) is 2.66. The molecule has 0 saturated carbocycles. The van der Waals surface area contributed by atoms with Gasteiger partial charge in [-0.2, -0.15) is 4.98 Å². The van der Waals surface area contributed by atoms with Crippen LogP contribution < -0.4 is 4.74 Å². The number of rotatable bonds is 4. The number of sulfone groups is 1. The number of ether oxygens (including phenoxy) is 1. The van der Waals surface area contributed by atoms with Crippen LogP contribution in [0.4, 0.5) is 0 Å². The van der Waals surface area contributed by atoms with E-state index in [1.807, 2.05) is 13.8 Å². The maximum Gasteiger partial charge on any atom is 0.224 e. The molecular weight excluding hydrogens is 312 g/mol. The van der Waals surface area contributed by atoms with E-state index in [2.05, 4.69) is 9.97 Å². The summed E-state index contributed by atoms with van der Waals surface area (Å²) in [7, 11) is -3.29. The van der Waals surface area contributed by atoms with Crippen LogP contribution in [0.5, 0.6) is 11.6 Å². The predicted octanol–water partition coefficient (Wildman–Crippen LogP) is 3.45. The highest BCUT2D eigenvalue weighted by Gasteiger charge is 2.11. The van der Waals surface area contributed by atoms with Crippen LogP contribution in [0, 0.1) is 0 Å². The molecule has 0 N–H and O–H groups in total. The molecule has 0 bridgehead atoms. The number of hydrogen-bond donors (Lipinski definition) is 0. The van der Waals surface area contributed by atoms with E-state index in [1.165, 1.54) is 18.2 Å². The van der Waals surface area contributed by atoms with Gasteiger partial charge in [0.05, 0.1) is 4.90 Å². The lowest BCUT2D eigenvalue weighted by Gasteiger charge is -2.09. The molecule has 112 valence electrons. The fraction of sp³-hybridized carbons (Fsp3) is 0.286. The van der Waals surface area contributed by atoms with Crippen molar-refractivity contribution in [2.24, 2.45) is 0 Å². The van der Waals surface area contributed by atoms with Crippen molar-refractivity contribution in [2.45, 2.75) is 24.7 Å². The molecule has 1 aromatic carbocycles. The Kier molecular flexibility index (Phi) is 4.49. The average molecular weight is 327 g/mol. The van der Waals surface area contributed by atoms with Crippen LogP contribution in [0.3, 0.4) is 0 Å². The second-order valence-corrected chi connectivity index (χ2v) is 7.29. The fourth-order valence-corrected chi connectivity index (χ4v) is 2.45. The molecule has 0 radical (unpaired) electrons. The topological polar surface area (TPSA) is 69.2 Å². The Morgan fingerprint density at radius 3 is 2.52 bits per heavy atom. The summed E-state index contributed by atoms with van der Waals surface area (Å²) in [5.74, 6) is 1.33. The molecule has 0 fully saturated rings. The second kappa shape index (κ2) is 5.99. The first kappa shape index (κ1) is 15.7. The molecule has 0 aliphatic heterocycles. The van der Waals surface area contributed by atoms with Gasteiger partial charge in [0, 0.05) is 18.2 Å². The fourth-order valence-electron chi connectivity index (χ4n) is 1.61. The van der Waals surface area contributed by atoms with Gasteiger partial charge in [0.1, 0.15) is 16.7 Å². The Labute approximate surface area is 128 Å². The summed E-state index contributed by atoms with van der Waals surface area (Å²) in [6, 6.07) is 7.70. The van der Waals surface area contributed by atoms with Crippen molar-refractivity contribution in [1.82, 2.24) is 9.97 Å². The quantitative estimate of drug-likeness (QED) is 0.805. The normalized spacial score (nSPS) is 11.7. The number of nitrogens with zero attached hydrogens (tertiary/aromatic N) is 2. The zero-order valence-corrected chi connectivity index (χ0v) is 13.4. The van der Waals surface area contributed by atoms with Crippen molar-refractivity contribution in [3.8, 4) is 11.6 Å². The summed E-state index contributed by atoms with van der Waals surface area (Å²) in [5, 5.41) is 0.281. The van der Waals surface area contributed by atoms with E-state index in [1.54, 1.807) is 12.1 Å². The zero-order valence-electron chi connectivity index (χ0n) is 11.9. The summed E-state index contributed by atoms with van der Waals surface area (Å²) in [6.07, 6.45) is 1.14. The van der Waals surface area contributed by atoms with E-state index in [0.29, 0.717) is 11.6 Å². The largest absolute Gasteiger partial charge is 0.439 e. The lowest BCUT2D eigenvalue weighted by Crippen LogP contribution is -2.00. The first-order chi connectivity index (χ1) is 9.75.